The molecule has 1 heterocycles. The predicted molar refractivity (Wildman–Crippen MR) is 128 cm³/mol. The van der Waals surface area contributed by atoms with Gasteiger partial charge in [-0.15, -0.1) is 0 Å². The Morgan fingerprint density at radius 2 is 1.84 bits per heavy atom. The van der Waals surface area contributed by atoms with E-state index in [0.29, 0.717) is 23.7 Å². The number of likely N-dealkylation sites (tertiary alicyclic amines) is 1. The van der Waals surface area contributed by atoms with Crippen LogP contribution in [0.3, 0.4) is 0 Å². The Morgan fingerprint density at radius 3 is 2.56 bits per heavy atom. The van der Waals surface area contributed by atoms with Crippen LogP contribution >= 0.6 is 12.0 Å². The van der Waals surface area contributed by atoms with Gasteiger partial charge in [-0.2, -0.15) is 0 Å². The van der Waals surface area contributed by atoms with Crippen LogP contribution in [0, 0.1) is 34.5 Å². The minimum absolute atomic E-state index is 0.0102. The van der Waals surface area contributed by atoms with Crippen molar-refractivity contribution in [2.45, 2.75) is 82.8 Å². The van der Waals surface area contributed by atoms with Crippen LogP contribution in [0.15, 0.2) is 29.2 Å². The minimum Gasteiger partial charge on any atom is -0.489 e. The molecular formula is C27H39NO3S. The Balaban J connectivity index is 1.48. The number of ether oxygens (including phenoxy) is 1. The number of fused-ring (bicyclic) bond motifs is 5. The van der Waals surface area contributed by atoms with Gasteiger partial charge in [0.25, 0.3) is 0 Å². The first-order valence-corrected chi connectivity index (χ1v) is 13.2. The molecule has 0 N–H and O–H groups in total. The summed E-state index contributed by atoms with van der Waals surface area (Å²) < 4.78 is 11.9. The number of carbonyl (C=O) groups is 1. The van der Waals surface area contributed by atoms with E-state index in [1.807, 2.05) is 31.3 Å². The zero-order valence-corrected chi connectivity index (χ0v) is 21.1. The Labute approximate surface area is 198 Å². The molecule has 0 aromatic heterocycles. The number of carbonyl (C=O) groups excluding carboxylic acids is 1. The zero-order valence-electron chi connectivity index (χ0n) is 20.3. The molecule has 1 aromatic rings. The molecule has 32 heavy (non-hydrogen) atoms. The smallest absolute Gasteiger partial charge is 0.226 e. The van der Waals surface area contributed by atoms with Crippen LogP contribution in [0.5, 0.6) is 5.75 Å². The molecule has 1 amide bonds. The van der Waals surface area contributed by atoms with Gasteiger partial charge < -0.3 is 13.8 Å². The summed E-state index contributed by atoms with van der Waals surface area (Å²) >= 11 is 1.36. The van der Waals surface area contributed by atoms with Gasteiger partial charge in [-0.25, -0.2) is 0 Å². The molecule has 8 atom stereocenters. The summed E-state index contributed by atoms with van der Waals surface area (Å²) in [6.07, 6.45) is 8.32. The summed E-state index contributed by atoms with van der Waals surface area (Å²) in [4.78, 5) is 16.2. The van der Waals surface area contributed by atoms with E-state index in [-0.39, 0.29) is 23.5 Å². The van der Waals surface area contributed by atoms with Gasteiger partial charge in [-0.05, 0) is 85.5 Å². The molecule has 5 heteroatoms. The predicted octanol–water partition coefficient (Wildman–Crippen LogP) is 6.20. The van der Waals surface area contributed by atoms with Crippen LogP contribution in [0.25, 0.3) is 0 Å². The monoisotopic (exact) mass is 457 g/mol. The Morgan fingerprint density at radius 1 is 1.09 bits per heavy atom. The first-order valence-electron chi connectivity index (χ1n) is 12.5. The van der Waals surface area contributed by atoms with E-state index in [1.54, 1.807) is 7.11 Å². The second kappa shape index (κ2) is 8.23. The summed E-state index contributed by atoms with van der Waals surface area (Å²) in [5.41, 5.74) is 0.518. The highest BCUT2D eigenvalue weighted by atomic mass is 32.2. The fraction of sp³-hybridized carbons (Fsp3) is 0.741. The van der Waals surface area contributed by atoms with Crippen LogP contribution < -0.4 is 4.74 Å². The lowest BCUT2D eigenvalue weighted by molar-refractivity contribution is -0.189. The Hall–Kier alpha value is -1.20. The first-order chi connectivity index (χ1) is 15.3. The molecular weight excluding hydrogens is 418 g/mol. The quantitative estimate of drug-likeness (QED) is 0.505. The molecule has 0 spiro atoms. The fourth-order valence-electron chi connectivity index (χ4n) is 8.44. The SMILES string of the molecule is COSc1ccc(OC2CC(=O)N(C)C3CC(C)[C@@H]4[C@@H](CC[C@]5(C)CCC[C@@H]45)[C@@]23C)cc1. The van der Waals surface area contributed by atoms with Crippen LogP contribution in [0.1, 0.15) is 65.7 Å². The lowest BCUT2D eigenvalue weighted by Crippen LogP contribution is -2.68. The van der Waals surface area contributed by atoms with Gasteiger partial charge in [-0.1, -0.05) is 27.2 Å². The highest BCUT2D eigenvalue weighted by Gasteiger charge is 2.64. The lowest BCUT2D eigenvalue weighted by atomic mass is 9.44. The minimum atomic E-state index is -0.0668. The van der Waals surface area contributed by atoms with Crippen molar-refractivity contribution in [3.8, 4) is 5.75 Å². The molecule has 1 aliphatic heterocycles. The lowest BCUT2D eigenvalue weighted by Gasteiger charge is -2.64. The third-order valence-electron chi connectivity index (χ3n) is 10.1. The number of hydrogen-bond donors (Lipinski definition) is 0. The van der Waals surface area contributed by atoms with Gasteiger partial charge in [0.15, 0.2) is 0 Å². The second-order valence-corrected chi connectivity index (χ2v) is 12.5. The van der Waals surface area contributed by atoms with Crippen molar-refractivity contribution >= 4 is 17.9 Å². The van der Waals surface area contributed by atoms with Gasteiger partial charge in [-0.3, -0.25) is 4.79 Å². The van der Waals surface area contributed by atoms with Crippen molar-refractivity contribution in [1.29, 1.82) is 0 Å². The van der Waals surface area contributed by atoms with Crippen molar-refractivity contribution in [2.75, 3.05) is 14.2 Å². The molecule has 176 valence electrons. The summed E-state index contributed by atoms with van der Waals surface area (Å²) in [5.74, 6) is 3.98. The first kappa shape index (κ1) is 22.6. The fourth-order valence-corrected chi connectivity index (χ4v) is 8.88. The zero-order chi connectivity index (χ0) is 22.7. The van der Waals surface area contributed by atoms with Gasteiger partial charge in [0.05, 0.1) is 13.5 Å². The standard InChI is InChI=1S/C27H39NO3S/c1-17-15-22-27(3,21-12-14-26(2)13-6-7-20(26)25(17)21)23(16-24(29)28(22)4)31-18-8-10-19(11-9-18)32-30-5/h8-11,17,20-23,25H,6-7,12-16H2,1-5H3/t17?,20-,21+,22?,23?,25-,26-,27+/m0/s1. The highest BCUT2D eigenvalue weighted by molar-refractivity contribution is 7.94. The van der Waals surface area contributed by atoms with Gasteiger partial charge >= 0.3 is 0 Å². The third kappa shape index (κ3) is 3.41. The van der Waals surface area contributed by atoms with Crippen LogP contribution in [0.4, 0.5) is 0 Å². The van der Waals surface area contributed by atoms with E-state index < -0.39 is 0 Å². The molecule has 5 rings (SSSR count). The maximum Gasteiger partial charge on any atom is 0.226 e. The number of hydrogen-bond acceptors (Lipinski definition) is 4. The van der Waals surface area contributed by atoms with Gasteiger partial charge in [0.2, 0.25) is 5.91 Å². The molecule has 4 fully saturated rings. The van der Waals surface area contributed by atoms with Crippen molar-refractivity contribution in [1.82, 2.24) is 4.90 Å². The molecule has 3 aliphatic carbocycles. The topological polar surface area (TPSA) is 38.8 Å². The molecule has 0 radical (unpaired) electrons. The van der Waals surface area contributed by atoms with Crippen molar-refractivity contribution < 1.29 is 13.7 Å². The molecule has 1 aromatic carbocycles. The Kier molecular flexibility index (Phi) is 5.81. The average molecular weight is 458 g/mol. The van der Waals surface area contributed by atoms with Crippen molar-refractivity contribution in [2.24, 2.45) is 34.5 Å². The summed E-state index contributed by atoms with van der Waals surface area (Å²) in [6, 6.07) is 8.40. The molecule has 1 saturated heterocycles. The molecule has 3 saturated carbocycles. The maximum atomic E-state index is 13.1. The van der Waals surface area contributed by atoms with Crippen LogP contribution in [0.2, 0.25) is 0 Å². The number of rotatable bonds is 4. The largest absolute Gasteiger partial charge is 0.489 e. The molecule has 4 aliphatic rings. The Bertz CT molecular complexity index is 859. The van der Waals surface area contributed by atoms with Crippen molar-refractivity contribution in [3.63, 3.8) is 0 Å². The normalized spacial score (nSPS) is 43.4. The van der Waals surface area contributed by atoms with Gasteiger partial charge in [0.1, 0.15) is 11.9 Å². The number of benzene rings is 1. The second-order valence-electron chi connectivity index (χ2n) is 11.5. The molecule has 0 bridgehead atoms. The van der Waals surface area contributed by atoms with Gasteiger partial charge in [0, 0.05) is 35.4 Å². The number of piperidine rings is 1. The van der Waals surface area contributed by atoms with Crippen LogP contribution in [-0.2, 0) is 8.98 Å². The molecule has 4 nitrogen and oxygen atoms in total. The third-order valence-corrected chi connectivity index (χ3v) is 10.7. The van der Waals surface area contributed by atoms with Crippen LogP contribution in [-0.4, -0.2) is 37.1 Å². The van der Waals surface area contributed by atoms with E-state index in [1.165, 1.54) is 44.1 Å². The van der Waals surface area contributed by atoms with E-state index in [2.05, 4.69) is 25.7 Å². The average Bonchev–Trinajstić information content (AvgIpc) is 3.17. The summed E-state index contributed by atoms with van der Waals surface area (Å²) in [6.45, 7) is 7.49. The summed E-state index contributed by atoms with van der Waals surface area (Å²) in [7, 11) is 3.72. The molecule has 3 unspecified atom stereocenters. The highest BCUT2D eigenvalue weighted by Crippen LogP contribution is 2.66. The van der Waals surface area contributed by atoms with E-state index in [4.69, 9.17) is 8.92 Å². The summed E-state index contributed by atoms with van der Waals surface area (Å²) in [5, 5.41) is 0. The van der Waals surface area contributed by atoms with E-state index in [9.17, 15) is 4.79 Å². The number of amides is 1. The number of nitrogens with zero attached hydrogens (tertiary/aromatic N) is 1. The van der Waals surface area contributed by atoms with Crippen molar-refractivity contribution in [3.05, 3.63) is 24.3 Å². The maximum absolute atomic E-state index is 13.1. The van der Waals surface area contributed by atoms with E-state index in [0.717, 1.165) is 28.9 Å². The van der Waals surface area contributed by atoms with E-state index >= 15 is 0 Å².